The Kier molecular flexibility index (Phi) is 12.7. The van der Waals surface area contributed by atoms with E-state index >= 15 is 0 Å². The van der Waals surface area contributed by atoms with Crippen molar-refractivity contribution in [3.8, 4) is 0 Å². The van der Waals surface area contributed by atoms with Crippen LogP contribution in [-0.4, -0.2) is 17.7 Å². The minimum absolute atomic E-state index is 0.176. The fourth-order valence-corrected chi connectivity index (χ4v) is 3.67. The zero-order valence-electron chi connectivity index (χ0n) is 16.8. The van der Waals surface area contributed by atoms with E-state index in [9.17, 15) is 9.59 Å². The molecule has 1 aliphatic carbocycles. The number of amides is 1. The highest BCUT2D eigenvalue weighted by atomic mass is 16.1. The van der Waals surface area contributed by atoms with Crippen LogP contribution in [-0.2, 0) is 9.59 Å². The van der Waals surface area contributed by atoms with E-state index < -0.39 is 0 Å². The molecule has 25 heavy (non-hydrogen) atoms. The molecule has 1 saturated carbocycles. The largest absolute Gasteiger partial charge is 0.353 e. The molecule has 0 aromatic carbocycles. The van der Waals surface area contributed by atoms with Crippen LogP contribution in [0.2, 0.25) is 0 Å². The predicted octanol–water partition coefficient (Wildman–Crippen LogP) is 5.95. The van der Waals surface area contributed by atoms with Gasteiger partial charge in [0.25, 0.3) is 0 Å². The van der Waals surface area contributed by atoms with E-state index in [1.807, 2.05) is 0 Å². The minimum atomic E-state index is 0.176. The van der Waals surface area contributed by atoms with Gasteiger partial charge in [-0.25, -0.2) is 0 Å². The fraction of sp³-hybridized carbons (Fsp3) is 0.909. The van der Waals surface area contributed by atoms with Crippen LogP contribution in [0.1, 0.15) is 117 Å². The van der Waals surface area contributed by atoms with Crippen LogP contribution in [0.25, 0.3) is 0 Å². The average Bonchev–Trinajstić information content (AvgIpc) is 2.54. The number of hydrogen-bond donors (Lipinski definition) is 1. The molecule has 0 radical (unpaired) electrons. The first kappa shape index (κ1) is 22.2. The van der Waals surface area contributed by atoms with Crippen LogP contribution in [0, 0.1) is 5.92 Å². The summed E-state index contributed by atoms with van der Waals surface area (Å²) in [7, 11) is 0. The lowest BCUT2D eigenvalue weighted by Gasteiger charge is -2.34. The molecule has 0 saturated heterocycles. The molecule has 1 fully saturated rings. The number of carbonyl (C=O) groups is 2. The second kappa shape index (κ2) is 14.3. The number of rotatable bonds is 16. The van der Waals surface area contributed by atoms with Crippen molar-refractivity contribution < 1.29 is 9.59 Å². The van der Waals surface area contributed by atoms with Gasteiger partial charge in [-0.3, -0.25) is 9.59 Å². The van der Waals surface area contributed by atoms with E-state index in [1.165, 1.54) is 77.0 Å². The number of carbonyl (C=O) groups excluding carboxylic acids is 2. The molecule has 0 aromatic heterocycles. The maximum absolute atomic E-state index is 11.8. The van der Waals surface area contributed by atoms with Crippen molar-refractivity contribution in [2.24, 2.45) is 5.92 Å². The lowest BCUT2D eigenvalue weighted by atomic mass is 9.78. The van der Waals surface area contributed by atoms with Gasteiger partial charge in [-0.1, -0.05) is 84.0 Å². The van der Waals surface area contributed by atoms with Crippen LogP contribution in [0.3, 0.4) is 0 Å². The molecule has 0 aliphatic heterocycles. The molecular formula is C22H41NO2. The van der Waals surface area contributed by atoms with Crippen molar-refractivity contribution in [3.63, 3.8) is 0 Å². The molecule has 0 heterocycles. The smallest absolute Gasteiger partial charge is 0.220 e. The topological polar surface area (TPSA) is 46.2 Å². The van der Waals surface area contributed by atoms with Gasteiger partial charge in [0, 0.05) is 18.4 Å². The zero-order chi connectivity index (χ0) is 18.3. The van der Waals surface area contributed by atoms with Gasteiger partial charge in [0.2, 0.25) is 5.91 Å². The summed E-state index contributed by atoms with van der Waals surface area (Å²) in [5, 5.41) is 3.05. The van der Waals surface area contributed by atoms with Crippen LogP contribution in [0.4, 0.5) is 0 Å². The molecule has 1 aliphatic rings. The molecule has 146 valence electrons. The standard InChI is InChI=1S/C22H41NO2/c1-3-4-5-6-7-8-9-10-11-12-13-14-15-16-22(25)23-21-17-20(18-21)19(2)24/h20-21H,3-18H2,1-2H3,(H,23,25). The SMILES string of the molecule is CCCCCCCCCCCCCCCC(=O)NC1CC(C(C)=O)C1. The van der Waals surface area contributed by atoms with Crippen molar-refractivity contribution in [2.45, 2.75) is 123 Å². The van der Waals surface area contributed by atoms with Crippen molar-refractivity contribution >= 4 is 11.7 Å². The number of ketones is 1. The summed E-state index contributed by atoms with van der Waals surface area (Å²) in [6, 6.07) is 0.253. The second-order valence-corrected chi connectivity index (χ2v) is 8.04. The monoisotopic (exact) mass is 351 g/mol. The Morgan fingerprint density at radius 3 is 1.64 bits per heavy atom. The summed E-state index contributed by atoms with van der Waals surface area (Å²) in [6.45, 7) is 3.92. The molecule has 0 spiro atoms. The molecule has 3 heteroatoms. The highest BCUT2D eigenvalue weighted by molar-refractivity contribution is 5.80. The number of nitrogens with one attached hydrogen (secondary N) is 1. The van der Waals surface area contributed by atoms with Crippen molar-refractivity contribution in [1.29, 1.82) is 0 Å². The van der Waals surface area contributed by atoms with E-state index in [-0.39, 0.29) is 23.7 Å². The van der Waals surface area contributed by atoms with Crippen LogP contribution in [0.15, 0.2) is 0 Å². The predicted molar refractivity (Wildman–Crippen MR) is 106 cm³/mol. The van der Waals surface area contributed by atoms with E-state index in [4.69, 9.17) is 0 Å². The van der Waals surface area contributed by atoms with Crippen molar-refractivity contribution in [3.05, 3.63) is 0 Å². The van der Waals surface area contributed by atoms with Gasteiger partial charge in [0.05, 0.1) is 0 Å². The molecule has 3 nitrogen and oxygen atoms in total. The second-order valence-electron chi connectivity index (χ2n) is 8.04. The van der Waals surface area contributed by atoms with Gasteiger partial charge < -0.3 is 5.32 Å². The summed E-state index contributed by atoms with van der Waals surface area (Å²) < 4.78 is 0. The summed E-state index contributed by atoms with van der Waals surface area (Å²) in [5.41, 5.74) is 0. The fourth-order valence-electron chi connectivity index (χ4n) is 3.67. The summed E-state index contributed by atoms with van der Waals surface area (Å²) in [5.74, 6) is 0.638. The number of hydrogen-bond acceptors (Lipinski definition) is 2. The lowest BCUT2D eigenvalue weighted by Crippen LogP contribution is -2.46. The quantitative estimate of drug-likeness (QED) is 0.349. The Hall–Kier alpha value is -0.860. The molecule has 1 rings (SSSR count). The van der Waals surface area contributed by atoms with Crippen LogP contribution in [0.5, 0.6) is 0 Å². The van der Waals surface area contributed by atoms with Crippen molar-refractivity contribution in [1.82, 2.24) is 5.32 Å². The Labute approximate surface area is 155 Å². The molecule has 1 N–H and O–H groups in total. The Morgan fingerprint density at radius 2 is 1.20 bits per heavy atom. The third kappa shape index (κ3) is 11.4. The molecule has 0 aromatic rings. The Balaban J connectivity index is 1.77. The first-order chi connectivity index (χ1) is 12.1. The Bertz CT molecular complexity index is 361. The highest BCUT2D eigenvalue weighted by Crippen LogP contribution is 2.28. The normalized spacial score (nSPS) is 19.4. The van der Waals surface area contributed by atoms with Crippen LogP contribution >= 0.6 is 0 Å². The van der Waals surface area contributed by atoms with Gasteiger partial charge in [-0.2, -0.15) is 0 Å². The van der Waals surface area contributed by atoms with Gasteiger partial charge in [0.15, 0.2) is 0 Å². The molecule has 0 bridgehead atoms. The van der Waals surface area contributed by atoms with Gasteiger partial charge in [0.1, 0.15) is 5.78 Å². The van der Waals surface area contributed by atoms with Gasteiger partial charge in [-0.05, 0) is 26.2 Å². The van der Waals surface area contributed by atoms with E-state index in [0.717, 1.165) is 19.3 Å². The maximum atomic E-state index is 11.8. The minimum Gasteiger partial charge on any atom is -0.353 e. The van der Waals surface area contributed by atoms with E-state index in [2.05, 4.69) is 12.2 Å². The Morgan fingerprint density at radius 1 is 0.760 bits per heavy atom. The van der Waals surface area contributed by atoms with E-state index in [0.29, 0.717) is 6.42 Å². The number of unbranched alkanes of at least 4 members (excludes halogenated alkanes) is 12. The zero-order valence-corrected chi connectivity index (χ0v) is 16.8. The van der Waals surface area contributed by atoms with Crippen molar-refractivity contribution in [2.75, 3.05) is 0 Å². The first-order valence-electron chi connectivity index (χ1n) is 10.9. The van der Waals surface area contributed by atoms with Gasteiger partial charge in [-0.15, -0.1) is 0 Å². The molecule has 0 atom stereocenters. The number of Topliss-reactive ketones (excluding diaryl/α,β-unsaturated/α-hetero) is 1. The van der Waals surface area contributed by atoms with Gasteiger partial charge >= 0.3 is 0 Å². The highest BCUT2D eigenvalue weighted by Gasteiger charge is 2.32. The summed E-state index contributed by atoms with van der Waals surface area (Å²) >= 11 is 0. The molecule has 0 unspecified atom stereocenters. The maximum Gasteiger partial charge on any atom is 0.220 e. The van der Waals surface area contributed by atoms with E-state index in [1.54, 1.807) is 6.92 Å². The molecular weight excluding hydrogens is 310 g/mol. The first-order valence-corrected chi connectivity index (χ1v) is 10.9. The summed E-state index contributed by atoms with van der Waals surface area (Å²) in [6.07, 6.45) is 19.7. The lowest BCUT2D eigenvalue weighted by molar-refractivity contribution is -0.127. The third-order valence-corrected chi connectivity index (χ3v) is 5.59. The summed E-state index contributed by atoms with van der Waals surface area (Å²) in [4.78, 5) is 23.0. The van der Waals surface area contributed by atoms with Crippen LogP contribution < -0.4 is 5.32 Å². The molecule has 1 amide bonds. The average molecular weight is 352 g/mol. The third-order valence-electron chi connectivity index (χ3n) is 5.59.